The summed E-state index contributed by atoms with van der Waals surface area (Å²) in [5, 5.41) is 3.23. The molecule has 7 nitrogen and oxygen atoms in total. The van der Waals surface area contributed by atoms with Crippen LogP contribution in [0.5, 0.6) is 0 Å². The Balaban J connectivity index is 1.95. The highest BCUT2D eigenvalue weighted by Crippen LogP contribution is 2.25. The monoisotopic (exact) mass is 436 g/mol. The van der Waals surface area contributed by atoms with E-state index in [1.54, 1.807) is 28.0 Å². The Morgan fingerprint density at radius 2 is 1.57 bits per heavy atom. The fourth-order valence-electron chi connectivity index (χ4n) is 3.72. The maximum Gasteiger partial charge on any atom is 0.319 e. The number of nitrogens with zero attached hydrogens (tertiary/aromatic N) is 3. The Morgan fingerprint density at radius 3 is 2.07 bits per heavy atom. The fourth-order valence-corrected chi connectivity index (χ4v) is 3.98. The first kappa shape index (κ1) is 24.0. The number of anilines is 1. The molecule has 8 heteroatoms. The maximum atomic E-state index is 12.7. The van der Waals surface area contributed by atoms with Crippen LogP contribution in [0.25, 0.3) is 0 Å². The van der Waals surface area contributed by atoms with E-state index in [1.807, 2.05) is 32.6 Å². The summed E-state index contributed by atoms with van der Waals surface area (Å²) in [5.74, 6) is -0.349. The molecule has 1 aliphatic rings. The van der Waals surface area contributed by atoms with E-state index in [9.17, 15) is 14.4 Å². The minimum absolute atomic E-state index is 0.0408. The predicted octanol–water partition coefficient (Wildman–Crippen LogP) is 3.93. The third-order valence-electron chi connectivity index (χ3n) is 5.69. The van der Waals surface area contributed by atoms with Crippen molar-refractivity contribution in [2.75, 3.05) is 44.6 Å². The van der Waals surface area contributed by atoms with Crippen molar-refractivity contribution in [1.29, 1.82) is 0 Å². The third kappa shape index (κ3) is 5.65. The Kier molecular flexibility index (Phi) is 8.96. The Bertz CT molecular complexity index is 755. The average molecular weight is 437 g/mol. The molecule has 0 spiro atoms. The number of urea groups is 1. The van der Waals surface area contributed by atoms with Crippen LogP contribution in [-0.2, 0) is 4.79 Å². The molecular formula is C22H33ClN4O3. The number of hydrogen-bond acceptors (Lipinski definition) is 3. The molecule has 2 rings (SSSR count). The number of halogens is 1. The van der Waals surface area contributed by atoms with Gasteiger partial charge < -0.3 is 20.0 Å². The highest BCUT2D eigenvalue weighted by atomic mass is 35.5. The second-order valence-corrected chi connectivity index (χ2v) is 7.78. The lowest BCUT2D eigenvalue weighted by Gasteiger charge is -2.34. The maximum absolute atomic E-state index is 12.7. The molecule has 4 amide bonds. The van der Waals surface area contributed by atoms with Crippen LogP contribution in [0.3, 0.4) is 0 Å². The lowest BCUT2D eigenvalue weighted by molar-refractivity contribution is -0.121. The van der Waals surface area contributed by atoms with Gasteiger partial charge in [0.05, 0.1) is 10.6 Å². The van der Waals surface area contributed by atoms with Gasteiger partial charge in [-0.05, 0) is 58.7 Å². The molecule has 0 atom stereocenters. The van der Waals surface area contributed by atoms with Crippen LogP contribution in [0, 0.1) is 5.92 Å². The molecule has 1 heterocycles. The standard InChI is InChI=1S/C22H33ClN4O3/c1-5-25(6-2)21(29)18-10-9-17(15-19(18)23)24-20(28)16-11-13-27(14-12-16)22(30)26(7-3)8-4/h9-10,15-16H,5-8,11-14H2,1-4H3,(H,24,28). The van der Waals surface area contributed by atoms with Crippen LogP contribution < -0.4 is 5.32 Å². The minimum Gasteiger partial charge on any atom is -0.339 e. The first-order chi connectivity index (χ1) is 14.4. The molecule has 166 valence electrons. The lowest BCUT2D eigenvalue weighted by Crippen LogP contribution is -2.47. The van der Waals surface area contributed by atoms with Gasteiger partial charge >= 0.3 is 6.03 Å². The number of likely N-dealkylation sites (tertiary alicyclic amines) is 1. The van der Waals surface area contributed by atoms with Gasteiger partial charge in [-0.15, -0.1) is 0 Å². The summed E-state index contributed by atoms with van der Waals surface area (Å²) in [6.07, 6.45) is 1.26. The topological polar surface area (TPSA) is 73.0 Å². The Morgan fingerprint density at radius 1 is 1.00 bits per heavy atom. The summed E-state index contributed by atoms with van der Waals surface area (Å²) in [7, 11) is 0. The molecule has 0 aromatic heterocycles. The third-order valence-corrected chi connectivity index (χ3v) is 6.00. The molecule has 1 saturated heterocycles. The van der Waals surface area contributed by atoms with Crippen LogP contribution in [0.2, 0.25) is 5.02 Å². The van der Waals surface area contributed by atoms with Gasteiger partial charge in [0.25, 0.3) is 5.91 Å². The zero-order chi connectivity index (χ0) is 22.3. The second-order valence-electron chi connectivity index (χ2n) is 7.38. The highest BCUT2D eigenvalue weighted by molar-refractivity contribution is 6.34. The number of hydrogen-bond donors (Lipinski definition) is 1. The Labute approximate surface area is 184 Å². The van der Waals surface area contributed by atoms with Gasteiger partial charge in [0, 0.05) is 50.9 Å². The summed E-state index contributed by atoms with van der Waals surface area (Å²) in [4.78, 5) is 42.9. The van der Waals surface area contributed by atoms with Crippen LogP contribution in [0.4, 0.5) is 10.5 Å². The van der Waals surface area contributed by atoms with Crippen molar-refractivity contribution in [3.8, 4) is 0 Å². The molecule has 1 aliphatic heterocycles. The van der Waals surface area contributed by atoms with Crippen molar-refractivity contribution in [2.45, 2.75) is 40.5 Å². The van der Waals surface area contributed by atoms with Crippen molar-refractivity contribution >= 4 is 35.1 Å². The number of benzene rings is 1. The summed E-state index contributed by atoms with van der Waals surface area (Å²) < 4.78 is 0. The molecule has 30 heavy (non-hydrogen) atoms. The number of nitrogens with one attached hydrogen (secondary N) is 1. The summed E-state index contributed by atoms with van der Waals surface area (Å²) in [6, 6.07) is 5.03. The van der Waals surface area contributed by atoms with Crippen molar-refractivity contribution in [3.63, 3.8) is 0 Å². The van der Waals surface area contributed by atoms with Crippen molar-refractivity contribution < 1.29 is 14.4 Å². The highest BCUT2D eigenvalue weighted by Gasteiger charge is 2.29. The predicted molar refractivity (Wildman–Crippen MR) is 120 cm³/mol. The van der Waals surface area contributed by atoms with E-state index in [-0.39, 0.29) is 23.8 Å². The molecule has 1 aromatic carbocycles. The van der Waals surface area contributed by atoms with E-state index >= 15 is 0 Å². The van der Waals surface area contributed by atoms with Crippen molar-refractivity contribution in [3.05, 3.63) is 28.8 Å². The fraction of sp³-hybridized carbons (Fsp3) is 0.591. The summed E-state index contributed by atoms with van der Waals surface area (Å²) in [6.45, 7) is 11.5. The van der Waals surface area contributed by atoms with E-state index < -0.39 is 0 Å². The number of rotatable bonds is 7. The summed E-state index contributed by atoms with van der Waals surface area (Å²) >= 11 is 6.31. The van der Waals surface area contributed by atoms with Gasteiger partial charge in [-0.25, -0.2) is 4.79 Å². The van der Waals surface area contributed by atoms with E-state index in [2.05, 4.69) is 5.32 Å². The van der Waals surface area contributed by atoms with E-state index in [4.69, 9.17) is 11.6 Å². The van der Waals surface area contributed by atoms with Gasteiger partial charge in [-0.2, -0.15) is 0 Å². The first-order valence-electron chi connectivity index (χ1n) is 10.8. The van der Waals surface area contributed by atoms with Crippen LogP contribution in [0.1, 0.15) is 50.9 Å². The molecule has 1 fully saturated rings. The minimum atomic E-state index is -0.151. The molecule has 0 bridgehead atoms. The number of amides is 4. The molecular weight excluding hydrogens is 404 g/mol. The normalized spacial score (nSPS) is 14.4. The lowest BCUT2D eigenvalue weighted by atomic mass is 9.96. The first-order valence-corrected chi connectivity index (χ1v) is 11.2. The van der Waals surface area contributed by atoms with Gasteiger partial charge in [0.2, 0.25) is 5.91 Å². The van der Waals surface area contributed by atoms with Gasteiger partial charge in [-0.1, -0.05) is 11.6 Å². The number of carbonyl (C=O) groups is 3. The van der Waals surface area contributed by atoms with Gasteiger partial charge in [0.1, 0.15) is 0 Å². The smallest absolute Gasteiger partial charge is 0.319 e. The zero-order valence-electron chi connectivity index (χ0n) is 18.4. The molecule has 1 aromatic rings. The van der Waals surface area contributed by atoms with Crippen LogP contribution >= 0.6 is 11.6 Å². The van der Waals surface area contributed by atoms with Crippen molar-refractivity contribution in [2.24, 2.45) is 5.92 Å². The SMILES string of the molecule is CCN(CC)C(=O)c1ccc(NC(=O)C2CCN(C(=O)N(CC)CC)CC2)cc1Cl. The average Bonchev–Trinajstić information content (AvgIpc) is 2.75. The summed E-state index contributed by atoms with van der Waals surface area (Å²) in [5.41, 5.74) is 1.00. The van der Waals surface area contributed by atoms with E-state index in [0.717, 1.165) is 0 Å². The second kappa shape index (κ2) is 11.2. The molecule has 1 N–H and O–H groups in total. The van der Waals surface area contributed by atoms with Crippen molar-refractivity contribution in [1.82, 2.24) is 14.7 Å². The Hall–Kier alpha value is -2.28. The van der Waals surface area contributed by atoms with Gasteiger partial charge in [0.15, 0.2) is 0 Å². The quantitative estimate of drug-likeness (QED) is 0.703. The molecule has 0 unspecified atom stereocenters. The van der Waals surface area contributed by atoms with E-state index in [1.165, 1.54) is 0 Å². The van der Waals surface area contributed by atoms with Crippen LogP contribution in [0.15, 0.2) is 18.2 Å². The molecule has 0 radical (unpaired) electrons. The van der Waals surface area contributed by atoms with Gasteiger partial charge in [-0.3, -0.25) is 9.59 Å². The zero-order valence-corrected chi connectivity index (χ0v) is 19.2. The number of carbonyl (C=O) groups excluding carboxylic acids is 3. The molecule has 0 aliphatic carbocycles. The molecule has 0 saturated carbocycles. The largest absolute Gasteiger partial charge is 0.339 e. The van der Waals surface area contributed by atoms with Crippen LogP contribution in [-0.4, -0.2) is 71.8 Å². The van der Waals surface area contributed by atoms with E-state index in [0.29, 0.717) is 68.4 Å². The number of piperidine rings is 1.